The Morgan fingerprint density at radius 3 is 2.73 bits per heavy atom. The van der Waals surface area contributed by atoms with Crippen LogP contribution in [0.5, 0.6) is 0 Å². The molecule has 0 saturated heterocycles. The highest BCUT2D eigenvalue weighted by Gasteiger charge is 2.25. The van der Waals surface area contributed by atoms with Crippen LogP contribution in [0, 0.1) is 0 Å². The van der Waals surface area contributed by atoms with Gasteiger partial charge in [-0.05, 0) is 0 Å². The zero-order valence-electron chi connectivity index (χ0n) is 6.44. The van der Waals surface area contributed by atoms with Crippen molar-refractivity contribution in [2.24, 2.45) is 4.99 Å². The monoisotopic (exact) mass is 158 g/mol. The molecule has 0 aromatic carbocycles. The number of amidine groups is 1. The Morgan fingerprint density at radius 2 is 2.45 bits per heavy atom. The number of ether oxygens (including phenoxy) is 1. The lowest BCUT2D eigenvalue weighted by Gasteiger charge is -2.08. The molecule has 11 heavy (non-hydrogen) atoms. The Kier molecular flexibility index (Phi) is 1.98. The molecule has 1 N–H and O–H groups in total. The largest absolute Gasteiger partial charge is 0.480 e. The molecule has 0 aromatic heterocycles. The molecule has 1 unspecified atom stereocenters. The summed E-state index contributed by atoms with van der Waals surface area (Å²) in [6, 6.07) is -0.343. The minimum atomic E-state index is -0.943. The van der Waals surface area contributed by atoms with Gasteiger partial charge in [-0.15, -0.1) is 0 Å². The van der Waals surface area contributed by atoms with Crippen LogP contribution in [-0.4, -0.2) is 48.7 Å². The maximum atomic E-state index is 10.4. The molecule has 5 heteroatoms. The third kappa shape index (κ3) is 1.60. The normalized spacial score (nSPS) is 22.4. The standard InChI is InChI=1S/C6H10N2O3/c1-8(2)6-7-4(3-11-6)5(9)10/h4H,3H2,1-2H3,(H,9,10). The lowest BCUT2D eigenvalue weighted by atomic mass is 10.3. The number of hydrogen-bond donors (Lipinski definition) is 1. The molecule has 1 heterocycles. The Balaban J connectivity index is 2.61. The highest BCUT2D eigenvalue weighted by atomic mass is 16.5. The van der Waals surface area contributed by atoms with E-state index in [2.05, 4.69) is 4.99 Å². The number of rotatable bonds is 1. The van der Waals surface area contributed by atoms with Crippen molar-refractivity contribution in [3.8, 4) is 0 Å². The lowest BCUT2D eigenvalue weighted by Crippen LogP contribution is -2.21. The predicted octanol–water partition coefficient (Wildman–Crippen LogP) is -0.613. The second-order valence-corrected chi connectivity index (χ2v) is 2.47. The fourth-order valence-electron chi connectivity index (χ4n) is 0.732. The number of carboxylic acid groups (broad SMARTS) is 1. The van der Waals surface area contributed by atoms with Crippen molar-refractivity contribution in [1.29, 1.82) is 0 Å². The molecule has 0 saturated carbocycles. The molecule has 0 spiro atoms. The van der Waals surface area contributed by atoms with Gasteiger partial charge in [-0.3, -0.25) is 0 Å². The number of hydrogen-bond acceptors (Lipinski definition) is 4. The van der Waals surface area contributed by atoms with Crippen molar-refractivity contribution in [2.75, 3.05) is 20.7 Å². The molecule has 0 fully saturated rings. The molecule has 0 amide bonds. The van der Waals surface area contributed by atoms with Gasteiger partial charge < -0.3 is 14.7 Å². The molecule has 1 aliphatic rings. The second-order valence-electron chi connectivity index (χ2n) is 2.47. The maximum absolute atomic E-state index is 10.4. The van der Waals surface area contributed by atoms with Crippen LogP contribution < -0.4 is 0 Å². The van der Waals surface area contributed by atoms with Crippen LogP contribution in [0.2, 0.25) is 0 Å². The molecular formula is C6H10N2O3. The Hall–Kier alpha value is -1.26. The van der Waals surface area contributed by atoms with E-state index in [-0.39, 0.29) is 6.61 Å². The van der Waals surface area contributed by atoms with Gasteiger partial charge in [0.25, 0.3) is 6.02 Å². The Bertz CT molecular complexity index is 200. The lowest BCUT2D eigenvalue weighted by molar-refractivity contribution is -0.138. The van der Waals surface area contributed by atoms with Gasteiger partial charge in [-0.25, -0.2) is 9.79 Å². The summed E-state index contributed by atoms with van der Waals surface area (Å²) in [6.45, 7) is 0.142. The highest BCUT2D eigenvalue weighted by Crippen LogP contribution is 2.05. The number of aliphatic carboxylic acids is 1. The summed E-state index contributed by atoms with van der Waals surface area (Å²) in [5, 5.41) is 8.51. The van der Waals surface area contributed by atoms with Gasteiger partial charge >= 0.3 is 5.97 Å². The number of carboxylic acids is 1. The molecule has 0 aliphatic carbocycles. The van der Waals surface area contributed by atoms with Crippen LogP contribution in [0.15, 0.2) is 4.99 Å². The summed E-state index contributed by atoms with van der Waals surface area (Å²) in [7, 11) is 3.51. The predicted molar refractivity (Wildman–Crippen MR) is 38.5 cm³/mol. The first-order valence-corrected chi connectivity index (χ1v) is 3.22. The summed E-state index contributed by atoms with van der Waals surface area (Å²) in [6.07, 6.45) is 0. The molecule has 0 aromatic rings. The van der Waals surface area contributed by atoms with E-state index >= 15 is 0 Å². The second kappa shape index (κ2) is 2.77. The average molecular weight is 158 g/mol. The van der Waals surface area contributed by atoms with Crippen molar-refractivity contribution in [2.45, 2.75) is 6.04 Å². The molecular weight excluding hydrogens is 148 g/mol. The minimum absolute atomic E-state index is 0.142. The molecule has 0 bridgehead atoms. The van der Waals surface area contributed by atoms with Gasteiger partial charge in [-0.2, -0.15) is 0 Å². The SMILES string of the molecule is CN(C)C1=NC(C(=O)O)CO1. The van der Waals surface area contributed by atoms with Crippen LogP contribution in [0.1, 0.15) is 0 Å². The summed E-state index contributed by atoms with van der Waals surface area (Å²) < 4.78 is 4.98. The smallest absolute Gasteiger partial charge is 0.332 e. The molecule has 1 aliphatic heterocycles. The van der Waals surface area contributed by atoms with E-state index in [4.69, 9.17) is 9.84 Å². The Labute approximate surface area is 64.3 Å². The van der Waals surface area contributed by atoms with Gasteiger partial charge in [0.2, 0.25) is 0 Å². The molecule has 0 radical (unpaired) electrons. The quantitative estimate of drug-likeness (QED) is 0.552. The van der Waals surface area contributed by atoms with Crippen molar-refractivity contribution < 1.29 is 14.6 Å². The summed E-state index contributed by atoms with van der Waals surface area (Å²) in [5.41, 5.74) is 0. The van der Waals surface area contributed by atoms with Crippen LogP contribution in [-0.2, 0) is 9.53 Å². The van der Waals surface area contributed by atoms with Gasteiger partial charge in [-0.1, -0.05) is 0 Å². The third-order valence-corrected chi connectivity index (χ3v) is 1.30. The van der Waals surface area contributed by atoms with E-state index in [9.17, 15) is 4.79 Å². The molecule has 5 nitrogen and oxygen atoms in total. The van der Waals surface area contributed by atoms with E-state index in [0.717, 1.165) is 0 Å². The summed E-state index contributed by atoms with van der Waals surface area (Å²) >= 11 is 0. The molecule has 1 atom stereocenters. The average Bonchev–Trinajstić information content (AvgIpc) is 2.33. The fourth-order valence-corrected chi connectivity index (χ4v) is 0.732. The van der Waals surface area contributed by atoms with Crippen molar-refractivity contribution in [3.63, 3.8) is 0 Å². The van der Waals surface area contributed by atoms with Gasteiger partial charge in [0, 0.05) is 14.1 Å². The first kappa shape index (κ1) is 7.84. The molecule has 62 valence electrons. The zero-order valence-corrected chi connectivity index (χ0v) is 6.44. The first-order chi connectivity index (χ1) is 5.11. The van der Waals surface area contributed by atoms with E-state index in [1.54, 1.807) is 19.0 Å². The van der Waals surface area contributed by atoms with Gasteiger partial charge in [0.05, 0.1) is 0 Å². The topological polar surface area (TPSA) is 62.1 Å². The van der Waals surface area contributed by atoms with E-state index in [1.165, 1.54) is 0 Å². The number of aliphatic imine (C=N–C) groups is 1. The third-order valence-electron chi connectivity index (χ3n) is 1.30. The van der Waals surface area contributed by atoms with Crippen molar-refractivity contribution >= 4 is 12.0 Å². The van der Waals surface area contributed by atoms with Crippen LogP contribution in [0.25, 0.3) is 0 Å². The highest BCUT2D eigenvalue weighted by molar-refractivity contribution is 5.83. The number of carbonyl (C=O) groups is 1. The summed E-state index contributed by atoms with van der Waals surface area (Å²) in [4.78, 5) is 15.8. The molecule has 1 rings (SSSR count). The van der Waals surface area contributed by atoms with Gasteiger partial charge in [0.15, 0.2) is 6.04 Å². The van der Waals surface area contributed by atoms with E-state index in [1.807, 2.05) is 0 Å². The number of nitrogens with zero attached hydrogens (tertiary/aromatic N) is 2. The van der Waals surface area contributed by atoms with Gasteiger partial charge in [0.1, 0.15) is 6.61 Å². The first-order valence-electron chi connectivity index (χ1n) is 3.22. The van der Waals surface area contributed by atoms with Crippen molar-refractivity contribution in [3.05, 3.63) is 0 Å². The van der Waals surface area contributed by atoms with Crippen molar-refractivity contribution in [1.82, 2.24) is 4.90 Å². The summed E-state index contributed by atoms with van der Waals surface area (Å²) in [5.74, 6) is -0.943. The minimum Gasteiger partial charge on any atom is -0.480 e. The fraction of sp³-hybridized carbons (Fsp3) is 0.667. The Morgan fingerprint density at radius 1 is 1.82 bits per heavy atom. The van der Waals surface area contributed by atoms with Crippen LogP contribution in [0.4, 0.5) is 0 Å². The van der Waals surface area contributed by atoms with Crippen LogP contribution >= 0.6 is 0 Å². The maximum Gasteiger partial charge on any atom is 0.332 e. The van der Waals surface area contributed by atoms with E-state index in [0.29, 0.717) is 6.02 Å². The van der Waals surface area contributed by atoms with Crippen LogP contribution in [0.3, 0.4) is 0 Å². The zero-order chi connectivity index (χ0) is 8.43. The van der Waals surface area contributed by atoms with E-state index < -0.39 is 12.0 Å².